The van der Waals surface area contributed by atoms with Crippen molar-refractivity contribution in [3.05, 3.63) is 69.7 Å². The summed E-state index contributed by atoms with van der Waals surface area (Å²) in [5.41, 5.74) is 3.19. The molecule has 2 heteroatoms. The van der Waals surface area contributed by atoms with Gasteiger partial charge in [-0.15, -0.1) is 0 Å². The van der Waals surface area contributed by atoms with Crippen molar-refractivity contribution in [1.29, 1.82) is 5.26 Å². The van der Waals surface area contributed by atoms with Crippen molar-refractivity contribution in [1.82, 2.24) is 0 Å². The summed E-state index contributed by atoms with van der Waals surface area (Å²) in [5, 5.41) is 8.70. The highest BCUT2D eigenvalue weighted by atomic mass is 79.9. The van der Waals surface area contributed by atoms with Gasteiger partial charge in [-0.25, -0.2) is 0 Å². The van der Waals surface area contributed by atoms with Gasteiger partial charge in [-0.05, 0) is 41.8 Å². The molecule has 2 aromatic rings. The Kier molecular flexibility index (Phi) is 3.38. The predicted octanol–water partition coefficient (Wildman–Crippen LogP) is 3.91. The molecule has 0 atom stereocenters. The van der Waals surface area contributed by atoms with Crippen LogP contribution in [0.1, 0.15) is 16.7 Å². The minimum absolute atomic E-state index is 0.706. The van der Waals surface area contributed by atoms with Gasteiger partial charge < -0.3 is 0 Å². The van der Waals surface area contributed by atoms with Crippen LogP contribution >= 0.6 is 15.9 Å². The van der Waals surface area contributed by atoms with Gasteiger partial charge >= 0.3 is 0 Å². The first-order chi connectivity index (χ1) is 7.78. The van der Waals surface area contributed by atoms with Gasteiger partial charge in [-0.3, -0.25) is 0 Å². The molecule has 2 rings (SSSR count). The van der Waals surface area contributed by atoms with Crippen molar-refractivity contribution >= 4 is 15.9 Å². The molecule has 78 valence electrons. The molecule has 0 spiro atoms. The fourth-order valence-electron chi connectivity index (χ4n) is 1.58. The van der Waals surface area contributed by atoms with Crippen molar-refractivity contribution < 1.29 is 0 Å². The van der Waals surface area contributed by atoms with Gasteiger partial charge in [-0.2, -0.15) is 5.26 Å². The lowest BCUT2D eigenvalue weighted by Gasteiger charge is -2.02. The number of nitrogens with zero attached hydrogens (tertiary/aromatic N) is 1. The second-order valence-corrected chi connectivity index (χ2v) is 4.53. The van der Waals surface area contributed by atoms with Crippen LogP contribution in [0, 0.1) is 11.3 Å². The zero-order valence-electron chi connectivity index (χ0n) is 8.65. The molecule has 0 bridgehead atoms. The summed E-state index contributed by atoms with van der Waals surface area (Å²) in [5.74, 6) is 0. The second-order valence-electron chi connectivity index (χ2n) is 3.62. The minimum atomic E-state index is 0.706. The van der Waals surface area contributed by atoms with Crippen LogP contribution in [0.2, 0.25) is 0 Å². The summed E-state index contributed by atoms with van der Waals surface area (Å²) < 4.78 is 1.10. The van der Waals surface area contributed by atoms with E-state index in [1.54, 1.807) is 0 Å². The summed E-state index contributed by atoms with van der Waals surface area (Å²) >= 11 is 3.46. The topological polar surface area (TPSA) is 23.8 Å². The monoisotopic (exact) mass is 271 g/mol. The smallest absolute Gasteiger partial charge is 0.0991 e. The van der Waals surface area contributed by atoms with Crippen LogP contribution in [0.3, 0.4) is 0 Å². The fourth-order valence-corrected chi connectivity index (χ4v) is 2.03. The molecule has 0 aliphatic rings. The van der Waals surface area contributed by atoms with E-state index in [-0.39, 0.29) is 0 Å². The van der Waals surface area contributed by atoms with Crippen LogP contribution in [0.15, 0.2) is 53.0 Å². The zero-order chi connectivity index (χ0) is 11.4. The standard InChI is InChI=1S/C14H10BrN/c15-14-3-1-2-13(9-14)8-11-4-6-12(10-16)7-5-11/h1-7,9H,8H2. The Labute approximate surface area is 103 Å². The molecule has 0 radical (unpaired) electrons. The van der Waals surface area contributed by atoms with Crippen molar-refractivity contribution in [2.75, 3.05) is 0 Å². The van der Waals surface area contributed by atoms with Crippen molar-refractivity contribution in [2.24, 2.45) is 0 Å². The zero-order valence-corrected chi connectivity index (χ0v) is 10.2. The molecule has 0 fully saturated rings. The summed E-state index contributed by atoms with van der Waals surface area (Å²) in [7, 11) is 0. The number of benzene rings is 2. The van der Waals surface area contributed by atoms with Crippen LogP contribution in [-0.2, 0) is 6.42 Å². The molecule has 0 saturated heterocycles. The van der Waals surface area contributed by atoms with E-state index >= 15 is 0 Å². The van der Waals surface area contributed by atoms with Gasteiger partial charge in [0.2, 0.25) is 0 Å². The second kappa shape index (κ2) is 4.96. The Morgan fingerprint density at radius 1 is 1.00 bits per heavy atom. The Morgan fingerprint density at radius 3 is 2.38 bits per heavy atom. The first-order valence-corrected chi connectivity index (χ1v) is 5.81. The van der Waals surface area contributed by atoms with E-state index in [4.69, 9.17) is 5.26 Å². The number of halogens is 1. The third kappa shape index (κ3) is 2.71. The largest absolute Gasteiger partial charge is 0.192 e. The van der Waals surface area contributed by atoms with Gasteiger partial charge in [0.15, 0.2) is 0 Å². The molecule has 0 unspecified atom stereocenters. The highest BCUT2D eigenvalue weighted by Gasteiger charge is 1.97. The molecular formula is C14H10BrN. The summed E-state index contributed by atoms with van der Waals surface area (Å²) in [6, 6.07) is 18.1. The van der Waals surface area contributed by atoms with Gasteiger partial charge in [-0.1, -0.05) is 40.2 Å². The van der Waals surface area contributed by atoms with Crippen molar-refractivity contribution in [2.45, 2.75) is 6.42 Å². The number of hydrogen-bond acceptors (Lipinski definition) is 1. The van der Waals surface area contributed by atoms with E-state index < -0.39 is 0 Å². The average Bonchev–Trinajstić information content (AvgIpc) is 2.30. The van der Waals surface area contributed by atoms with E-state index in [2.05, 4.69) is 34.1 Å². The average molecular weight is 272 g/mol. The summed E-state index contributed by atoms with van der Waals surface area (Å²) in [6.07, 6.45) is 0.894. The van der Waals surface area contributed by atoms with Gasteiger partial charge in [0, 0.05) is 4.47 Å². The molecule has 0 aliphatic heterocycles. The first kappa shape index (κ1) is 10.9. The third-order valence-corrected chi connectivity index (χ3v) is 2.87. The van der Waals surface area contributed by atoms with Crippen LogP contribution in [0.4, 0.5) is 0 Å². The molecule has 0 aliphatic carbocycles. The molecular weight excluding hydrogens is 262 g/mol. The normalized spacial score (nSPS) is 9.75. The Hall–Kier alpha value is -1.59. The summed E-state index contributed by atoms with van der Waals surface area (Å²) in [4.78, 5) is 0. The Balaban J connectivity index is 2.18. The van der Waals surface area contributed by atoms with E-state index in [1.807, 2.05) is 36.4 Å². The molecule has 0 heterocycles. The SMILES string of the molecule is N#Cc1ccc(Cc2cccc(Br)c2)cc1. The lowest BCUT2D eigenvalue weighted by Crippen LogP contribution is -1.88. The number of hydrogen-bond donors (Lipinski definition) is 0. The van der Waals surface area contributed by atoms with E-state index in [0.29, 0.717) is 5.56 Å². The van der Waals surface area contributed by atoms with Crippen LogP contribution in [0.5, 0.6) is 0 Å². The highest BCUT2D eigenvalue weighted by molar-refractivity contribution is 9.10. The molecule has 0 saturated carbocycles. The maximum atomic E-state index is 8.70. The third-order valence-electron chi connectivity index (χ3n) is 2.38. The van der Waals surface area contributed by atoms with Gasteiger partial charge in [0.1, 0.15) is 0 Å². The minimum Gasteiger partial charge on any atom is -0.192 e. The highest BCUT2D eigenvalue weighted by Crippen LogP contribution is 2.15. The number of nitriles is 1. The van der Waals surface area contributed by atoms with E-state index in [1.165, 1.54) is 11.1 Å². The maximum Gasteiger partial charge on any atom is 0.0991 e. The molecule has 0 N–H and O–H groups in total. The number of rotatable bonds is 2. The quantitative estimate of drug-likeness (QED) is 0.813. The lowest BCUT2D eigenvalue weighted by atomic mass is 10.0. The van der Waals surface area contributed by atoms with Gasteiger partial charge in [0.25, 0.3) is 0 Å². The van der Waals surface area contributed by atoms with Crippen molar-refractivity contribution in [3.63, 3.8) is 0 Å². The predicted molar refractivity (Wildman–Crippen MR) is 68.1 cm³/mol. The molecule has 1 nitrogen and oxygen atoms in total. The molecule has 0 aromatic heterocycles. The maximum absolute atomic E-state index is 8.70. The molecule has 16 heavy (non-hydrogen) atoms. The van der Waals surface area contributed by atoms with Crippen molar-refractivity contribution in [3.8, 4) is 6.07 Å². The fraction of sp³-hybridized carbons (Fsp3) is 0.0714. The van der Waals surface area contributed by atoms with Crippen LogP contribution in [-0.4, -0.2) is 0 Å². The van der Waals surface area contributed by atoms with E-state index in [9.17, 15) is 0 Å². The van der Waals surface area contributed by atoms with Gasteiger partial charge in [0.05, 0.1) is 11.6 Å². The van der Waals surface area contributed by atoms with Crippen LogP contribution < -0.4 is 0 Å². The molecule has 0 amide bonds. The summed E-state index contributed by atoms with van der Waals surface area (Å²) in [6.45, 7) is 0. The van der Waals surface area contributed by atoms with Crippen LogP contribution in [0.25, 0.3) is 0 Å². The van der Waals surface area contributed by atoms with E-state index in [0.717, 1.165) is 10.9 Å². The Morgan fingerprint density at radius 2 is 1.75 bits per heavy atom. The molecule has 2 aromatic carbocycles. The lowest BCUT2D eigenvalue weighted by molar-refractivity contribution is 1.19. The Bertz CT molecular complexity index is 523. The first-order valence-electron chi connectivity index (χ1n) is 5.01.